The molecule has 0 spiro atoms. The Morgan fingerprint density at radius 2 is 2.23 bits per heavy atom. The standard InChI is InChI=1S/C2H3N7O4/c10-8(11)5-2-1-3-7(6-4-2)9(12)13/h1,6H,(H,4,5). The zero-order valence-electron chi connectivity index (χ0n) is 5.95. The number of hydrogen-bond acceptors (Lipinski definition) is 7. The van der Waals surface area contributed by atoms with Gasteiger partial charge in [-0.1, -0.05) is 5.43 Å². The van der Waals surface area contributed by atoms with Gasteiger partial charge in [-0.05, 0) is 0 Å². The number of nitrogens with zero attached hydrogens (tertiary/aromatic N) is 5. The van der Waals surface area contributed by atoms with E-state index in [0.717, 1.165) is 6.21 Å². The molecule has 1 aliphatic heterocycles. The van der Waals surface area contributed by atoms with Crippen LogP contribution in [0.5, 0.6) is 0 Å². The lowest BCUT2D eigenvalue weighted by molar-refractivity contribution is -0.672. The third kappa shape index (κ3) is 2.25. The topological polar surface area (TPSA) is 138 Å². The molecule has 0 saturated carbocycles. The summed E-state index contributed by atoms with van der Waals surface area (Å²) in [5.41, 5.74) is 3.48. The summed E-state index contributed by atoms with van der Waals surface area (Å²) in [5, 5.41) is 24.7. The van der Waals surface area contributed by atoms with E-state index in [1.165, 1.54) is 0 Å². The van der Waals surface area contributed by atoms with Crippen LogP contribution in [0.15, 0.2) is 10.2 Å². The first-order chi connectivity index (χ1) is 6.09. The normalized spacial score (nSPS) is 14.5. The Morgan fingerprint density at radius 1 is 1.54 bits per heavy atom. The summed E-state index contributed by atoms with van der Waals surface area (Å²) in [7, 11) is 0. The van der Waals surface area contributed by atoms with Crippen molar-refractivity contribution < 1.29 is 10.1 Å². The van der Waals surface area contributed by atoms with E-state index in [1.54, 1.807) is 5.43 Å². The highest BCUT2D eigenvalue weighted by Gasteiger charge is 2.18. The maximum atomic E-state index is 10.0. The summed E-state index contributed by atoms with van der Waals surface area (Å²) in [6, 6.07) is 0. The van der Waals surface area contributed by atoms with Crippen molar-refractivity contribution in [1.29, 1.82) is 0 Å². The predicted octanol–water partition coefficient (Wildman–Crippen LogP) is -1.92. The van der Waals surface area contributed by atoms with Crippen LogP contribution in [-0.4, -0.2) is 27.3 Å². The average molecular weight is 189 g/mol. The zero-order valence-corrected chi connectivity index (χ0v) is 5.95. The Labute approximate surface area is 69.9 Å². The fourth-order valence-electron chi connectivity index (χ4n) is 0.489. The number of hydrazone groups is 2. The molecular weight excluding hydrogens is 186 g/mol. The van der Waals surface area contributed by atoms with E-state index < -0.39 is 10.1 Å². The first kappa shape index (κ1) is 8.63. The van der Waals surface area contributed by atoms with Gasteiger partial charge in [0, 0.05) is 0 Å². The Hall–Kier alpha value is -2.46. The molecular formula is C2H3N7O4. The van der Waals surface area contributed by atoms with Gasteiger partial charge in [-0.15, -0.1) is 10.6 Å². The first-order valence-corrected chi connectivity index (χ1v) is 2.82. The Balaban J connectivity index is 2.55. The summed E-state index contributed by atoms with van der Waals surface area (Å²) in [6.45, 7) is 0. The molecule has 0 radical (unpaired) electrons. The fourth-order valence-corrected chi connectivity index (χ4v) is 0.489. The van der Waals surface area contributed by atoms with Crippen LogP contribution in [0.4, 0.5) is 0 Å². The van der Waals surface area contributed by atoms with Gasteiger partial charge in [0.25, 0.3) is 5.84 Å². The predicted molar refractivity (Wildman–Crippen MR) is 38.0 cm³/mol. The van der Waals surface area contributed by atoms with Crippen molar-refractivity contribution in [2.75, 3.05) is 0 Å². The second kappa shape index (κ2) is 3.29. The molecule has 0 unspecified atom stereocenters. The van der Waals surface area contributed by atoms with Crippen LogP contribution in [0.1, 0.15) is 0 Å². The number of hydrogen-bond donors (Lipinski definition) is 2. The lowest BCUT2D eigenvalue weighted by atomic mass is 10.7. The third-order valence-corrected chi connectivity index (χ3v) is 0.910. The third-order valence-electron chi connectivity index (χ3n) is 0.910. The lowest BCUT2D eigenvalue weighted by Gasteiger charge is -2.08. The minimum absolute atomic E-state index is 0.200. The van der Waals surface area contributed by atoms with Gasteiger partial charge < -0.3 is 10.1 Å². The smallest absolute Gasteiger partial charge is 0.257 e. The molecule has 0 fully saturated rings. The molecule has 0 bridgehead atoms. The largest absolute Gasteiger partial charge is 0.338 e. The molecule has 0 aromatic rings. The second-order valence-corrected chi connectivity index (χ2v) is 1.74. The summed E-state index contributed by atoms with van der Waals surface area (Å²) in [5.74, 6) is -0.233. The van der Waals surface area contributed by atoms with E-state index in [1.807, 2.05) is 5.53 Å². The van der Waals surface area contributed by atoms with E-state index >= 15 is 0 Å². The maximum absolute atomic E-state index is 10.0. The molecule has 0 aliphatic carbocycles. The van der Waals surface area contributed by atoms with E-state index in [-0.39, 0.29) is 11.1 Å². The van der Waals surface area contributed by atoms with E-state index in [0.29, 0.717) is 0 Å². The summed E-state index contributed by atoms with van der Waals surface area (Å²) < 4.78 is 0. The maximum Gasteiger partial charge on any atom is 0.257 e. The lowest BCUT2D eigenvalue weighted by Crippen LogP contribution is -2.43. The van der Waals surface area contributed by atoms with Crippen molar-refractivity contribution in [1.82, 2.24) is 16.2 Å². The van der Waals surface area contributed by atoms with Gasteiger partial charge in [0.1, 0.15) is 5.23 Å². The van der Waals surface area contributed by atoms with Crippen LogP contribution in [0, 0.1) is 20.2 Å². The fraction of sp³-hybridized carbons (Fsp3) is 0. The highest BCUT2D eigenvalue weighted by Crippen LogP contribution is 1.88. The Bertz CT molecular complexity index is 295. The zero-order chi connectivity index (χ0) is 9.84. The Kier molecular flexibility index (Phi) is 2.19. The molecule has 0 aromatic heterocycles. The van der Waals surface area contributed by atoms with E-state index in [2.05, 4.69) is 10.2 Å². The number of rotatable bonds is 2. The van der Waals surface area contributed by atoms with Crippen molar-refractivity contribution in [2.24, 2.45) is 10.2 Å². The van der Waals surface area contributed by atoms with Crippen molar-refractivity contribution in [3.05, 3.63) is 20.2 Å². The number of nitrogens with one attached hydrogen (secondary N) is 2. The minimum atomic E-state index is -0.886. The highest BCUT2D eigenvalue weighted by molar-refractivity contribution is 6.28. The van der Waals surface area contributed by atoms with Gasteiger partial charge in [-0.2, -0.15) is 0 Å². The van der Waals surface area contributed by atoms with Crippen molar-refractivity contribution in [3.63, 3.8) is 0 Å². The van der Waals surface area contributed by atoms with Crippen LogP contribution in [0.2, 0.25) is 0 Å². The minimum Gasteiger partial charge on any atom is -0.338 e. The highest BCUT2D eigenvalue weighted by atomic mass is 16.7. The van der Waals surface area contributed by atoms with E-state index in [9.17, 15) is 20.2 Å². The van der Waals surface area contributed by atoms with Gasteiger partial charge in [-0.25, -0.2) is 10.1 Å². The molecule has 70 valence electrons. The van der Waals surface area contributed by atoms with Gasteiger partial charge in [-0.3, -0.25) is 0 Å². The van der Waals surface area contributed by atoms with Crippen LogP contribution in [0.3, 0.4) is 0 Å². The number of hydrazine groups is 3. The van der Waals surface area contributed by atoms with Gasteiger partial charge in [0.05, 0.1) is 10.1 Å². The molecule has 1 heterocycles. The van der Waals surface area contributed by atoms with Gasteiger partial charge in [0.15, 0.2) is 5.03 Å². The molecule has 1 rings (SSSR count). The SMILES string of the molecule is O=[N+]([O-])NC1=NNN([N+](=O)[O-])N=C1. The molecule has 13 heavy (non-hydrogen) atoms. The molecule has 11 nitrogen and oxygen atoms in total. The van der Waals surface area contributed by atoms with Crippen molar-refractivity contribution in [2.45, 2.75) is 0 Å². The van der Waals surface area contributed by atoms with Crippen LogP contribution in [0.25, 0.3) is 0 Å². The number of nitro groups is 2. The number of amidine groups is 1. The van der Waals surface area contributed by atoms with Crippen LogP contribution in [-0.2, 0) is 0 Å². The Morgan fingerprint density at radius 3 is 2.62 bits per heavy atom. The average Bonchev–Trinajstić information content (AvgIpc) is 2.04. The molecule has 2 N–H and O–H groups in total. The van der Waals surface area contributed by atoms with Crippen LogP contribution >= 0.6 is 0 Å². The van der Waals surface area contributed by atoms with Crippen molar-refractivity contribution >= 4 is 12.1 Å². The van der Waals surface area contributed by atoms with Gasteiger partial charge >= 0.3 is 0 Å². The van der Waals surface area contributed by atoms with Gasteiger partial charge in [0.2, 0.25) is 6.21 Å². The van der Waals surface area contributed by atoms with E-state index in [4.69, 9.17) is 0 Å². The quantitative estimate of drug-likeness (QED) is 0.381. The molecule has 11 heteroatoms. The molecule has 0 atom stereocenters. The molecule has 0 aromatic carbocycles. The second-order valence-electron chi connectivity index (χ2n) is 1.74. The molecule has 0 amide bonds. The summed E-state index contributed by atoms with van der Waals surface area (Å²) >= 11 is 0. The van der Waals surface area contributed by atoms with Crippen molar-refractivity contribution in [3.8, 4) is 0 Å². The van der Waals surface area contributed by atoms with Crippen LogP contribution < -0.4 is 11.0 Å². The molecule has 1 aliphatic rings. The summed E-state index contributed by atoms with van der Waals surface area (Å²) in [4.78, 5) is 19.9. The summed E-state index contributed by atoms with van der Waals surface area (Å²) in [6.07, 6.45) is 0.835. The molecule has 0 saturated heterocycles. The first-order valence-electron chi connectivity index (χ1n) is 2.82. The monoisotopic (exact) mass is 189 g/mol.